The number of hydrogen-bond acceptors (Lipinski definition) is 2. The Labute approximate surface area is 98.1 Å². The summed E-state index contributed by atoms with van der Waals surface area (Å²) in [5.41, 5.74) is 1.63. The third-order valence-corrected chi connectivity index (χ3v) is 2.43. The van der Waals surface area contributed by atoms with Crippen LogP contribution in [-0.2, 0) is 0 Å². The lowest BCUT2D eigenvalue weighted by Crippen LogP contribution is -1.99. The molecule has 1 aromatic carbocycles. The van der Waals surface area contributed by atoms with E-state index in [0.29, 0.717) is 12.2 Å². The monoisotopic (exact) mass is 268 g/mol. The summed E-state index contributed by atoms with van der Waals surface area (Å²) in [7, 11) is 0. The van der Waals surface area contributed by atoms with Crippen LogP contribution < -0.4 is 4.74 Å². The molecule has 0 bridgehead atoms. The standard InChI is InChI=1S/C12H13BrO2/c1-8(2)7-15-12-5-4-10(9(3)14)6-11(12)13/h4-6H,1,7H2,2-3H3. The minimum atomic E-state index is 0.0437. The molecule has 0 amide bonds. The summed E-state index contributed by atoms with van der Waals surface area (Å²) in [6.45, 7) is 7.67. The Bertz CT molecular complexity index is 397. The fourth-order valence-electron chi connectivity index (χ4n) is 1.04. The number of ether oxygens (including phenoxy) is 1. The zero-order valence-electron chi connectivity index (χ0n) is 8.84. The molecule has 0 aliphatic heterocycles. The SMILES string of the molecule is C=C(C)COc1ccc(C(C)=O)cc1Br. The van der Waals surface area contributed by atoms with Gasteiger partial charge in [-0.3, -0.25) is 4.79 Å². The second kappa shape index (κ2) is 5.12. The van der Waals surface area contributed by atoms with Crippen LogP contribution in [0, 0.1) is 0 Å². The summed E-state index contributed by atoms with van der Waals surface area (Å²) in [5, 5.41) is 0. The van der Waals surface area contributed by atoms with Crippen molar-refractivity contribution in [3.05, 3.63) is 40.4 Å². The van der Waals surface area contributed by atoms with Crippen LogP contribution in [0.4, 0.5) is 0 Å². The van der Waals surface area contributed by atoms with Gasteiger partial charge in [-0.05, 0) is 53.5 Å². The Morgan fingerprint density at radius 2 is 2.13 bits per heavy atom. The summed E-state index contributed by atoms with van der Waals surface area (Å²) in [6.07, 6.45) is 0. The van der Waals surface area contributed by atoms with E-state index in [2.05, 4.69) is 22.5 Å². The van der Waals surface area contributed by atoms with Gasteiger partial charge in [0, 0.05) is 5.56 Å². The number of hydrogen-bond donors (Lipinski definition) is 0. The first-order valence-corrected chi connectivity index (χ1v) is 5.37. The zero-order valence-corrected chi connectivity index (χ0v) is 10.4. The minimum absolute atomic E-state index is 0.0437. The van der Waals surface area contributed by atoms with Gasteiger partial charge in [-0.2, -0.15) is 0 Å². The van der Waals surface area contributed by atoms with Crippen LogP contribution in [-0.4, -0.2) is 12.4 Å². The Hall–Kier alpha value is -1.09. The van der Waals surface area contributed by atoms with Crippen LogP contribution in [0.5, 0.6) is 5.75 Å². The maximum Gasteiger partial charge on any atom is 0.159 e. The Morgan fingerprint density at radius 3 is 2.60 bits per heavy atom. The van der Waals surface area contributed by atoms with Gasteiger partial charge in [0.25, 0.3) is 0 Å². The summed E-state index contributed by atoms with van der Waals surface area (Å²) < 4.78 is 6.26. The predicted octanol–water partition coefficient (Wildman–Crippen LogP) is 3.61. The van der Waals surface area contributed by atoms with Gasteiger partial charge in [-0.1, -0.05) is 6.58 Å². The highest BCUT2D eigenvalue weighted by molar-refractivity contribution is 9.10. The molecule has 0 unspecified atom stereocenters. The fourth-order valence-corrected chi connectivity index (χ4v) is 1.53. The lowest BCUT2D eigenvalue weighted by Gasteiger charge is -2.08. The molecule has 2 nitrogen and oxygen atoms in total. The van der Waals surface area contributed by atoms with Crippen molar-refractivity contribution in [2.75, 3.05) is 6.61 Å². The average molecular weight is 269 g/mol. The van der Waals surface area contributed by atoms with Crippen molar-refractivity contribution in [1.29, 1.82) is 0 Å². The second-order valence-electron chi connectivity index (χ2n) is 3.45. The normalized spacial score (nSPS) is 9.80. The van der Waals surface area contributed by atoms with Crippen LogP contribution in [0.15, 0.2) is 34.8 Å². The van der Waals surface area contributed by atoms with E-state index >= 15 is 0 Å². The molecule has 80 valence electrons. The third kappa shape index (κ3) is 3.51. The predicted molar refractivity (Wildman–Crippen MR) is 64.5 cm³/mol. The van der Waals surface area contributed by atoms with Crippen LogP contribution in [0.2, 0.25) is 0 Å². The molecular weight excluding hydrogens is 256 g/mol. The first-order valence-electron chi connectivity index (χ1n) is 4.58. The molecule has 0 spiro atoms. The fraction of sp³-hybridized carbons (Fsp3) is 0.250. The molecule has 3 heteroatoms. The zero-order chi connectivity index (χ0) is 11.4. The highest BCUT2D eigenvalue weighted by atomic mass is 79.9. The Balaban J connectivity index is 2.83. The van der Waals surface area contributed by atoms with Gasteiger partial charge in [-0.15, -0.1) is 0 Å². The van der Waals surface area contributed by atoms with Gasteiger partial charge < -0.3 is 4.74 Å². The number of carbonyl (C=O) groups is 1. The van der Waals surface area contributed by atoms with Gasteiger partial charge >= 0.3 is 0 Å². The second-order valence-corrected chi connectivity index (χ2v) is 4.30. The largest absolute Gasteiger partial charge is 0.488 e. The molecule has 0 radical (unpaired) electrons. The van der Waals surface area contributed by atoms with E-state index in [1.54, 1.807) is 18.2 Å². The number of halogens is 1. The number of ketones is 1. The van der Waals surface area contributed by atoms with Crippen molar-refractivity contribution in [2.24, 2.45) is 0 Å². The Kier molecular flexibility index (Phi) is 4.09. The van der Waals surface area contributed by atoms with Gasteiger partial charge in [0.15, 0.2) is 5.78 Å². The molecule has 0 aliphatic rings. The molecule has 0 aliphatic carbocycles. The van der Waals surface area contributed by atoms with Crippen molar-refractivity contribution in [1.82, 2.24) is 0 Å². The molecule has 0 N–H and O–H groups in total. The van der Waals surface area contributed by atoms with Gasteiger partial charge in [0.05, 0.1) is 4.47 Å². The average Bonchev–Trinajstić information content (AvgIpc) is 2.15. The van der Waals surface area contributed by atoms with Crippen molar-refractivity contribution >= 4 is 21.7 Å². The molecule has 0 saturated heterocycles. The third-order valence-electron chi connectivity index (χ3n) is 1.81. The molecule has 0 heterocycles. The first kappa shape index (κ1) is 12.0. The van der Waals surface area contributed by atoms with E-state index < -0.39 is 0 Å². The van der Waals surface area contributed by atoms with E-state index in [-0.39, 0.29) is 5.78 Å². The first-order chi connectivity index (χ1) is 7.00. The van der Waals surface area contributed by atoms with E-state index in [4.69, 9.17) is 4.74 Å². The Morgan fingerprint density at radius 1 is 1.47 bits per heavy atom. The summed E-state index contributed by atoms with van der Waals surface area (Å²) in [6, 6.07) is 5.29. The highest BCUT2D eigenvalue weighted by Gasteiger charge is 2.05. The van der Waals surface area contributed by atoms with Crippen molar-refractivity contribution in [3.8, 4) is 5.75 Å². The number of benzene rings is 1. The molecule has 0 aromatic heterocycles. The maximum absolute atomic E-state index is 11.1. The lowest BCUT2D eigenvalue weighted by atomic mass is 10.1. The smallest absolute Gasteiger partial charge is 0.159 e. The van der Waals surface area contributed by atoms with Crippen LogP contribution in [0.3, 0.4) is 0 Å². The van der Waals surface area contributed by atoms with Crippen LogP contribution in [0.25, 0.3) is 0 Å². The van der Waals surface area contributed by atoms with Gasteiger partial charge in [0.2, 0.25) is 0 Å². The molecule has 1 aromatic rings. The molecule has 1 rings (SSSR count). The van der Waals surface area contributed by atoms with Crippen LogP contribution in [0.1, 0.15) is 24.2 Å². The molecule has 15 heavy (non-hydrogen) atoms. The number of rotatable bonds is 4. The van der Waals surface area contributed by atoms with Crippen molar-refractivity contribution in [2.45, 2.75) is 13.8 Å². The summed E-state index contributed by atoms with van der Waals surface area (Å²) >= 11 is 3.36. The van der Waals surface area contributed by atoms with Crippen LogP contribution >= 0.6 is 15.9 Å². The van der Waals surface area contributed by atoms with E-state index in [1.165, 1.54) is 6.92 Å². The molecular formula is C12H13BrO2. The highest BCUT2D eigenvalue weighted by Crippen LogP contribution is 2.26. The van der Waals surface area contributed by atoms with E-state index in [0.717, 1.165) is 15.8 Å². The van der Waals surface area contributed by atoms with E-state index in [1.807, 2.05) is 6.92 Å². The lowest BCUT2D eigenvalue weighted by molar-refractivity contribution is 0.101. The molecule has 0 atom stereocenters. The van der Waals surface area contributed by atoms with Gasteiger partial charge in [-0.25, -0.2) is 0 Å². The number of carbonyl (C=O) groups excluding carboxylic acids is 1. The van der Waals surface area contributed by atoms with Crippen molar-refractivity contribution < 1.29 is 9.53 Å². The van der Waals surface area contributed by atoms with E-state index in [9.17, 15) is 4.79 Å². The minimum Gasteiger partial charge on any atom is -0.488 e. The number of Topliss-reactive ketones (excluding diaryl/α,β-unsaturated/α-hetero) is 1. The maximum atomic E-state index is 11.1. The summed E-state index contributed by atoms with van der Waals surface area (Å²) in [5.74, 6) is 0.769. The quantitative estimate of drug-likeness (QED) is 0.616. The topological polar surface area (TPSA) is 26.3 Å². The van der Waals surface area contributed by atoms with Crippen molar-refractivity contribution in [3.63, 3.8) is 0 Å². The van der Waals surface area contributed by atoms with Gasteiger partial charge in [0.1, 0.15) is 12.4 Å². The molecule has 0 fully saturated rings. The summed E-state index contributed by atoms with van der Waals surface area (Å²) in [4.78, 5) is 11.1. The molecule has 0 saturated carbocycles.